The van der Waals surface area contributed by atoms with Crippen LogP contribution < -0.4 is 4.74 Å². The number of carbonyl (C=O) groups is 1. The molecule has 0 aliphatic carbocycles. The molecule has 8 nitrogen and oxygen atoms in total. The van der Waals surface area contributed by atoms with Crippen molar-refractivity contribution in [2.75, 3.05) is 26.0 Å². The Morgan fingerprint density at radius 2 is 1.95 bits per heavy atom. The fraction of sp³-hybridized carbons (Fsp3) is 0.387. The number of aromatic carboxylic acids is 1. The molecule has 0 spiro atoms. The van der Waals surface area contributed by atoms with Crippen LogP contribution in [0.2, 0.25) is 0 Å². The number of benzene rings is 2. The molecule has 2 aromatic heterocycles. The van der Waals surface area contributed by atoms with Crippen molar-refractivity contribution in [1.82, 2.24) is 19.4 Å². The smallest absolute Gasteiger partial charge is 0.335 e. The van der Waals surface area contributed by atoms with Gasteiger partial charge >= 0.3 is 5.97 Å². The molecule has 4 aromatic rings. The molecule has 41 heavy (non-hydrogen) atoms. The van der Waals surface area contributed by atoms with Gasteiger partial charge in [-0.25, -0.2) is 19.2 Å². The highest BCUT2D eigenvalue weighted by molar-refractivity contribution is 7.98. The molecule has 2 saturated heterocycles. The zero-order valence-electron chi connectivity index (χ0n) is 23.0. The highest BCUT2D eigenvalue weighted by Crippen LogP contribution is 2.30. The molecule has 6 rings (SSSR count). The Morgan fingerprint density at radius 1 is 1.12 bits per heavy atom. The maximum absolute atomic E-state index is 14.4. The summed E-state index contributed by atoms with van der Waals surface area (Å²) in [5.41, 5.74) is 3.41. The van der Waals surface area contributed by atoms with E-state index < -0.39 is 5.97 Å². The number of hydrogen-bond acceptors (Lipinski definition) is 7. The molecule has 2 aliphatic rings. The van der Waals surface area contributed by atoms with Crippen LogP contribution in [0, 0.1) is 5.82 Å². The molecular formula is C31H33FN4O4S. The number of carboxylic acids is 1. The van der Waals surface area contributed by atoms with Crippen LogP contribution >= 0.6 is 11.8 Å². The van der Waals surface area contributed by atoms with Gasteiger partial charge < -0.3 is 19.1 Å². The summed E-state index contributed by atoms with van der Waals surface area (Å²) in [5, 5.41) is 9.50. The van der Waals surface area contributed by atoms with Crippen LogP contribution in [0.5, 0.6) is 5.88 Å². The zero-order valence-corrected chi connectivity index (χ0v) is 23.8. The largest absolute Gasteiger partial charge is 0.478 e. The monoisotopic (exact) mass is 576 g/mol. The third kappa shape index (κ3) is 6.24. The first-order chi connectivity index (χ1) is 20.0. The first kappa shape index (κ1) is 27.7. The Balaban J connectivity index is 1.10. The summed E-state index contributed by atoms with van der Waals surface area (Å²) in [6.45, 7) is 4.06. The minimum absolute atomic E-state index is 0.135. The summed E-state index contributed by atoms with van der Waals surface area (Å²) in [6, 6.07) is 16.1. The number of piperidine rings is 1. The molecule has 1 atom stereocenters. The van der Waals surface area contributed by atoms with Gasteiger partial charge in [0.05, 0.1) is 35.8 Å². The van der Waals surface area contributed by atoms with Gasteiger partial charge in [0.25, 0.3) is 0 Å². The Morgan fingerprint density at radius 3 is 2.66 bits per heavy atom. The van der Waals surface area contributed by atoms with E-state index in [4.69, 9.17) is 19.4 Å². The van der Waals surface area contributed by atoms with Crippen LogP contribution in [0.15, 0.2) is 59.5 Å². The van der Waals surface area contributed by atoms with E-state index in [1.807, 2.05) is 30.5 Å². The van der Waals surface area contributed by atoms with Crippen molar-refractivity contribution in [3.8, 4) is 5.88 Å². The molecule has 10 heteroatoms. The fourth-order valence-corrected chi connectivity index (χ4v) is 5.94. The number of fused-ring (bicyclic) bond motifs is 1. The van der Waals surface area contributed by atoms with Crippen LogP contribution in [0.1, 0.15) is 52.6 Å². The van der Waals surface area contributed by atoms with E-state index in [1.54, 1.807) is 24.3 Å². The van der Waals surface area contributed by atoms with Crippen LogP contribution in [0.4, 0.5) is 4.39 Å². The van der Waals surface area contributed by atoms with Crippen molar-refractivity contribution >= 4 is 28.8 Å². The summed E-state index contributed by atoms with van der Waals surface area (Å²) in [6.07, 6.45) is 4.97. The van der Waals surface area contributed by atoms with Gasteiger partial charge in [-0.2, -0.15) is 0 Å². The molecule has 214 valence electrons. The lowest BCUT2D eigenvalue weighted by Crippen LogP contribution is -2.35. The number of imidazole rings is 1. The summed E-state index contributed by atoms with van der Waals surface area (Å²) in [4.78, 5) is 24.5. The summed E-state index contributed by atoms with van der Waals surface area (Å²) < 4.78 is 28.1. The lowest BCUT2D eigenvalue weighted by molar-refractivity contribution is -0.0592. The van der Waals surface area contributed by atoms with E-state index in [1.165, 1.54) is 17.8 Å². The third-order valence-electron chi connectivity index (χ3n) is 8.01. The highest BCUT2D eigenvalue weighted by Gasteiger charge is 2.26. The minimum Gasteiger partial charge on any atom is -0.478 e. The fourth-order valence-electron chi connectivity index (χ4n) is 5.51. The van der Waals surface area contributed by atoms with E-state index in [0.29, 0.717) is 30.5 Å². The molecule has 0 radical (unpaired) electrons. The SMILES string of the molecule is CSc1ccc(COc2cccc(C3CCN(Cc4nc5ccc(C(=O)O)cc5n4CC4CCO4)CC3)n2)c(F)c1. The van der Waals surface area contributed by atoms with E-state index in [0.717, 1.165) is 66.4 Å². The van der Waals surface area contributed by atoms with Crippen LogP contribution in [0.25, 0.3) is 11.0 Å². The van der Waals surface area contributed by atoms with E-state index in [-0.39, 0.29) is 24.1 Å². The number of hydrogen-bond donors (Lipinski definition) is 1. The van der Waals surface area contributed by atoms with Crippen molar-refractivity contribution in [1.29, 1.82) is 0 Å². The highest BCUT2D eigenvalue weighted by atomic mass is 32.2. The maximum Gasteiger partial charge on any atom is 0.335 e. The van der Waals surface area contributed by atoms with Crippen LogP contribution in [-0.4, -0.2) is 62.6 Å². The van der Waals surface area contributed by atoms with Gasteiger partial charge in [-0.3, -0.25) is 4.90 Å². The molecule has 2 aliphatic heterocycles. The first-order valence-electron chi connectivity index (χ1n) is 14.0. The number of halogens is 1. The first-order valence-corrected chi connectivity index (χ1v) is 15.2. The summed E-state index contributed by atoms with van der Waals surface area (Å²) in [5.74, 6) is 0.543. The molecular weight excluding hydrogens is 543 g/mol. The second-order valence-corrected chi connectivity index (χ2v) is 11.5. The Kier molecular flexibility index (Phi) is 8.23. The van der Waals surface area contributed by atoms with Crippen LogP contribution in [0.3, 0.4) is 0 Å². The summed E-state index contributed by atoms with van der Waals surface area (Å²) >= 11 is 1.51. The Bertz CT molecular complexity index is 1550. The number of nitrogens with zero attached hydrogens (tertiary/aromatic N) is 4. The van der Waals surface area contributed by atoms with Crippen molar-refractivity contribution in [3.63, 3.8) is 0 Å². The molecule has 0 amide bonds. The molecule has 0 saturated carbocycles. The van der Waals surface area contributed by atoms with Gasteiger partial charge in [-0.1, -0.05) is 12.1 Å². The second kappa shape index (κ2) is 12.2. The van der Waals surface area contributed by atoms with Crippen molar-refractivity contribution in [3.05, 3.63) is 83.1 Å². The Hall–Kier alpha value is -3.47. The average Bonchev–Trinajstić information content (AvgIpc) is 3.30. The van der Waals surface area contributed by atoms with Gasteiger partial charge in [0, 0.05) is 34.7 Å². The topological polar surface area (TPSA) is 89.7 Å². The number of carboxylic acid groups (broad SMARTS) is 1. The number of aromatic nitrogens is 3. The van der Waals surface area contributed by atoms with Crippen molar-refractivity contribution in [2.45, 2.75) is 55.9 Å². The predicted octanol–water partition coefficient (Wildman–Crippen LogP) is 5.74. The van der Waals surface area contributed by atoms with E-state index >= 15 is 0 Å². The van der Waals surface area contributed by atoms with E-state index in [9.17, 15) is 14.3 Å². The molecule has 4 heterocycles. The van der Waals surface area contributed by atoms with Gasteiger partial charge in [0.1, 0.15) is 18.2 Å². The molecule has 2 fully saturated rings. The lowest BCUT2D eigenvalue weighted by Gasteiger charge is -2.32. The second-order valence-electron chi connectivity index (χ2n) is 10.6. The molecule has 1 N–H and O–H groups in total. The quantitative estimate of drug-likeness (QED) is 0.239. The van der Waals surface area contributed by atoms with Gasteiger partial charge in [0.15, 0.2) is 0 Å². The summed E-state index contributed by atoms with van der Waals surface area (Å²) in [7, 11) is 0. The standard InChI is InChI=1S/C31H33FN4O4S/c1-41-24-7-5-22(25(32)16-24)19-40-30-4-2-3-26(34-30)20-9-12-35(13-10-20)18-29-33-27-8-6-21(31(37)38)15-28(27)36(29)17-23-11-14-39-23/h2-8,15-16,20,23H,9-14,17-19H2,1H3,(H,37,38). The molecule has 1 unspecified atom stereocenters. The number of ether oxygens (including phenoxy) is 2. The number of rotatable bonds is 10. The van der Waals surface area contributed by atoms with E-state index in [2.05, 4.69) is 9.47 Å². The number of thioether (sulfide) groups is 1. The normalized spacial score (nSPS) is 18.0. The van der Waals surface area contributed by atoms with Crippen LogP contribution in [-0.2, 0) is 24.4 Å². The van der Waals surface area contributed by atoms with Gasteiger partial charge in [-0.05, 0) is 75.0 Å². The number of pyridine rings is 1. The molecule has 0 bridgehead atoms. The zero-order chi connectivity index (χ0) is 28.3. The lowest BCUT2D eigenvalue weighted by atomic mass is 9.93. The third-order valence-corrected chi connectivity index (χ3v) is 8.73. The maximum atomic E-state index is 14.4. The Labute approximate surface area is 242 Å². The number of likely N-dealkylation sites (tertiary alicyclic amines) is 1. The van der Waals surface area contributed by atoms with Gasteiger partial charge in [-0.15, -0.1) is 11.8 Å². The van der Waals surface area contributed by atoms with Gasteiger partial charge in [0.2, 0.25) is 5.88 Å². The predicted molar refractivity (Wildman–Crippen MR) is 155 cm³/mol. The van der Waals surface area contributed by atoms with Crippen molar-refractivity contribution in [2.24, 2.45) is 0 Å². The van der Waals surface area contributed by atoms with Crippen molar-refractivity contribution < 1.29 is 23.8 Å². The minimum atomic E-state index is -0.941. The molecule has 2 aromatic carbocycles. The average molecular weight is 577 g/mol.